The van der Waals surface area contributed by atoms with Crippen molar-refractivity contribution in [3.05, 3.63) is 35.6 Å². The van der Waals surface area contributed by atoms with Crippen LogP contribution in [0, 0.1) is 11.7 Å². The maximum absolute atomic E-state index is 13.0. The molecule has 16 heavy (non-hydrogen) atoms. The summed E-state index contributed by atoms with van der Waals surface area (Å²) < 4.78 is 13.0. The summed E-state index contributed by atoms with van der Waals surface area (Å²) in [6.07, 6.45) is 5.43. The molecular weight excluding hydrogens is 201 g/mol. The zero-order chi connectivity index (χ0) is 11.4. The van der Waals surface area contributed by atoms with Gasteiger partial charge in [0, 0.05) is 12.6 Å². The van der Waals surface area contributed by atoms with E-state index in [-0.39, 0.29) is 5.82 Å². The number of nitrogens with one attached hydrogen (secondary N) is 1. The van der Waals surface area contributed by atoms with Crippen molar-refractivity contribution in [3.8, 4) is 0 Å². The van der Waals surface area contributed by atoms with Gasteiger partial charge in [0.15, 0.2) is 0 Å². The fourth-order valence-corrected chi connectivity index (χ4v) is 2.55. The third-order valence-corrected chi connectivity index (χ3v) is 3.62. The Morgan fingerprint density at radius 3 is 2.81 bits per heavy atom. The van der Waals surface area contributed by atoms with Gasteiger partial charge in [-0.3, -0.25) is 0 Å². The molecule has 1 aliphatic rings. The Bertz CT molecular complexity index is 331. The summed E-state index contributed by atoms with van der Waals surface area (Å²) in [5, 5.41) is 3.50. The molecule has 0 aliphatic heterocycles. The normalized spacial score (nSPS) is 18.9. The van der Waals surface area contributed by atoms with Crippen molar-refractivity contribution in [2.75, 3.05) is 0 Å². The van der Waals surface area contributed by atoms with Crippen LogP contribution in [-0.2, 0) is 6.54 Å². The van der Waals surface area contributed by atoms with E-state index in [1.165, 1.54) is 31.7 Å². The van der Waals surface area contributed by atoms with Crippen LogP contribution in [0.3, 0.4) is 0 Å². The average molecular weight is 221 g/mol. The quantitative estimate of drug-likeness (QED) is 0.820. The monoisotopic (exact) mass is 221 g/mol. The van der Waals surface area contributed by atoms with Crippen LogP contribution < -0.4 is 5.32 Å². The Kier molecular flexibility index (Phi) is 3.94. The van der Waals surface area contributed by atoms with Gasteiger partial charge in [0.2, 0.25) is 0 Å². The van der Waals surface area contributed by atoms with E-state index in [2.05, 4.69) is 12.2 Å². The molecule has 1 aromatic rings. The summed E-state index contributed by atoms with van der Waals surface area (Å²) >= 11 is 0. The van der Waals surface area contributed by atoms with E-state index in [0.29, 0.717) is 6.04 Å². The molecular formula is C14H20FN. The van der Waals surface area contributed by atoms with Gasteiger partial charge in [0.1, 0.15) is 5.82 Å². The minimum absolute atomic E-state index is 0.146. The van der Waals surface area contributed by atoms with E-state index >= 15 is 0 Å². The highest BCUT2D eigenvalue weighted by Crippen LogP contribution is 2.27. The van der Waals surface area contributed by atoms with Crippen molar-refractivity contribution in [3.63, 3.8) is 0 Å². The summed E-state index contributed by atoms with van der Waals surface area (Å²) in [6.45, 7) is 3.02. The summed E-state index contributed by atoms with van der Waals surface area (Å²) in [5.41, 5.74) is 1.03. The predicted molar refractivity (Wildman–Crippen MR) is 64.7 cm³/mol. The Morgan fingerprint density at radius 1 is 1.38 bits per heavy atom. The van der Waals surface area contributed by atoms with Crippen LogP contribution in [0.5, 0.6) is 0 Å². The summed E-state index contributed by atoms with van der Waals surface area (Å²) in [7, 11) is 0. The molecule has 0 radical (unpaired) electrons. The Balaban J connectivity index is 1.82. The van der Waals surface area contributed by atoms with Crippen molar-refractivity contribution in [2.45, 2.75) is 45.2 Å². The molecule has 1 N–H and O–H groups in total. The van der Waals surface area contributed by atoms with Crippen LogP contribution >= 0.6 is 0 Å². The number of benzene rings is 1. The first-order valence-electron chi connectivity index (χ1n) is 6.23. The van der Waals surface area contributed by atoms with Crippen molar-refractivity contribution in [2.24, 2.45) is 5.92 Å². The van der Waals surface area contributed by atoms with Crippen molar-refractivity contribution in [1.82, 2.24) is 5.32 Å². The van der Waals surface area contributed by atoms with E-state index in [0.717, 1.165) is 18.0 Å². The lowest BCUT2D eigenvalue weighted by Gasteiger charge is -2.20. The predicted octanol–water partition coefficient (Wildman–Crippen LogP) is 3.49. The van der Waals surface area contributed by atoms with Gasteiger partial charge in [-0.15, -0.1) is 0 Å². The van der Waals surface area contributed by atoms with Gasteiger partial charge < -0.3 is 5.32 Å². The second-order valence-electron chi connectivity index (χ2n) is 4.84. The van der Waals surface area contributed by atoms with Crippen LogP contribution in [0.25, 0.3) is 0 Å². The standard InChI is InChI=1S/C14H20FN/c1-11(13-6-2-3-7-13)16-10-12-5-4-8-14(15)9-12/h4-5,8-9,11,13,16H,2-3,6-7,10H2,1H3. The van der Waals surface area contributed by atoms with Gasteiger partial charge in [0.25, 0.3) is 0 Å². The van der Waals surface area contributed by atoms with Crippen LogP contribution in [0.2, 0.25) is 0 Å². The summed E-state index contributed by atoms with van der Waals surface area (Å²) in [5.74, 6) is 0.668. The van der Waals surface area contributed by atoms with E-state index < -0.39 is 0 Å². The van der Waals surface area contributed by atoms with Crippen LogP contribution in [-0.4, -0.2) is 6.04 Å². The molecule has 0 spiro atoms. The summed E-state index contributed by atoms with van der Waals surface area (Å²) in [4.78, 5) is 0. The molecule has 0 aromatic heterocycles. The molecule has 1 fully saturated rings. The molecule has 0 amide bonds. The number of rotatable bonds is 4. The molecule has 1 aliphatic carbocycles. The third kappa shape index (κ3) is 3.05. The largest absolute Gasteiger partial charge is 0.310 e. The molecule has 0 heterocycles. The molecule has 2 heteroatoms. The Hall–Kier alpha value is -0.890. The highest BCUT2D eigenvalue weighted by Gasteiger charge is 2.20. The van der Waals surface area contributed by atoms with Gasteiger partial charge >= 0.3 is 0 Å². The smallest absolute Gasteiger partial charge is 0.123 e. The first kappa shape index (κ1) is 11.6. The molecule has 2 rings (SSSR count). The maximum Gasteiger partial charge on any atom is 0.123 e. The van der Waals surface area contributed by atoms with Gasteiger partial charge in [0.05, 0.1) is 0 Å². The summed E-state index contributed by atoms with van der Waals surface area (Å²) in [6, 6.07) is 7.38. The molecule has 88 valence electrons. The van der Waals surface area contributed by atoms with Crippen molar-refractivity contribution >= 4 is 0 Å². The van der Waals surface area contributed by atoms with E-state index in [1.807, 2.05) is 6.07 Å². The topological polar surface area (TPSA) is 12.0 Å². The van der Waals surface area contributed by atoms with Crippen LogP contribution in [0.1, 0.15) is 38.2 Å². The van der Waals surface area contributed by atoms with Gasteiger partial charge in [-0.25, -0.2) is 4.39 Å². The van der Waals surface area contributed by atoms with Gasteiger partial charge in [-0.1, -0.05) is 25.0 Å². The number of hydrogen-bond acceptors (Lipinski definition) is 1. The SMILES string of the molecule is CC(NCc1cccc(F)c1)C1CCCC1. The van der Waals surface area contributed by atoms with Crippen molar-refractivity contribution in [1.29, 1.82) is 0 Å². The molecule has 1 atom stereocenters. The fraction of sp³-hybridized carbons (Fsp3) is 0.571. The number of halogens is 1. The zero-order valence-electron chi connectivity index (χ0n) is 9.88. The first-order chi connectivity index (χ1) is 7.75. The maximum atomic E-state index is 13.0. The van der Waals surface area contributed by atoms with E-state index in [9.17, 15) is 4.39 Å². The molecule has 1 nitrogen and oxygen atoms in total. The average Bonchev–Trinajstić information content (AvgIpc) is 2.79. The highest BCUT2D eigenvalue weighted by molar-refractivity contribution is 5.16. The molecule has 1 unspecified atom stereocenters. The second kappa shape index (κ2) is 5.44. The van der Waals surface area contributed by atoms with Crippen molar-refractivity contribution < 1.29 is 4.39 Å². The lowest BCUT2D eigenvalue weighted by atomic mass is 9.99. The minimum Gasteiger partial charge on any atom is -0.310 e. The fourth-order valence-electron chi connectivity index (χ4n) is 2.55. The molecule has 0 bridgehead atoms. The highest BCUT2D eigenvalue weighted by atomic mass is 19.1. The van der Waals surface area contributed by atoms with Gasteiger partial charge in [-0.2, -0.15) is 0 Å². The molecule has 0 saturated heterocycles. The Morgan fingerprint density at radius 2 is 2.12 bits per heavy atom. The lowest BCUT2D eigenvalue weighted by Crippen LogP contribution is -2.31. The Labute approximate surface area is 97.1 Å². The van der Waals surface area contributed by atoms with Gasteiger partial charge in [-0.05, 0) is 43.4 Å². The molecule has 1 saturated carbocycles. The second-order valence-corrected chi connectivity index (χ2v) is 4.84. The minimum atomic E-state index is -0.146. The number of hydrogen-bond donors (Lipinski definition) is 1. The molecule has 1 aromatic carbocycles. The lowest BCUT2D eigenvalue weighted by molar-refractivity contribution is 0.380. The third-order valence-electron chi connectivity index (χ3n) is 3.62. The van der Waals surface area contributed by atoms with E-state index in [1.54, 1.807) is 12.1 Å². The van der Waals surface area contributed by atoms with Crippen LogP contribution in [0.15, 0.2) is 24.3 Å². The first-order valence-corrected chi connectivity index (χ1v) is 6.23. The van der Waals surface area contributed by atoms with Crippen LogP contribution in [0.4, 0.5) is 4.39 Å². The van der Waals surface area contributed by atoms with E-state index in [4.69, 9.17) is 0 Å². The zero-order valence-corrected chi connectivity index (χ0v) is 9.88.